The maximum atomic E-state index is 12.7. The van der Waals surface area contributed by atoms with Gasteiger partial charge >= 0.3 is 0 Å². The van der Waals surface area contributed by atoms with Crippen molar-refractivity contribution in [2.75, 3.05) is 26.2 Å². The highest BCUT2D eigenvalue weighted by Crippen LogP contribution is 2.21. The van der Waals surface area contributed by atoms with Crippen LogP contribution < -0.4 is 5.32 Å². The largest absolute Gasteiger partial charge is 0.395 e. The minimum atomic E-state index is -3.56. The molecule has 0 aliphatic carbocycles. The predicted octanol–water partition coefficient (Wildman–Crippen LogP) is 0.973. The van der Waals surface area contributed by atoms with Crippen molar-refractivity contribution in [2.45, 2.75) is 30.6 Å². The highest BCUT2D eigenvalue weighted by atomic mass is 32.2. The first-order chi connectivity index (χ1) is 10.6. The van der Waals surface area contributed by atoms with Gasteiger partial charge in [0.2, 0.25) is 10.0 Å². The van der Waals surface area contributed by atoms with Crippen molar-refractivity contribution < 1.29 is 18.3 Å². The van der Waals surface area contributed by atoms with Gasteiger partial charge < -0.3 is 10.4 Å². The van der Waals surface area contributed by atoms with E-state index < -0.39 is 10.0 Å². The van der Waals surface area contributed by atoms with Crippen molar-refractivity contribution in [3.8, 4) is 0 Å². The number of benzene rings is 1. The fourth-order valence-corrected chi connectivity index (χ4v) is 4.06. The molecular formula is C15H22N2O4S. The van der Waals surface area contributed by atoms with Gasteiger partial charge in [0.25, 0.3) is 5.91 Å². The lowest BCUT2D eigenvalue weighted by atomic mass is 10.2. The van der Waals surface area contributed by atoms with Gasteiger partial charge in [-0.05, 0) is 31.0 Å². The molecule has 0 unspecified atom stereocenters. The SMILES string of the molecule is O=C(NCCO)c1cccc(S(=O)(=O)N2CCCCCC2)c1. The van der Waals surface area contributed by atoms with E-state index in [0.29, 0.717) is 13.1 Å². The first-order valence-corrected chi connectivity index (χ1v) is 8.99. The molecule has 0 radical (unpaired) electrons. The normalized spacial score (nSPS) is 17.0. The van der Waals surface area contributed by atoms with Gasteiger partial charge in [-0.15, -0.1) is 0 Å². The van der Waals surface area contributed by atoms with Gasteiger partial charge in [0, 0.05) is 25.2 Å². The highest BCUT2D eigenvalue weighted by molar-refractivity contribution is 7.89. The number of hydrogen-bond donors (Lipinski definition) is 2. The van der Waals surface area contributed by atoms with Crippen LogP contribution in [0.1, 0.15) is 36.0 Å². The van der Waals surface area contributed by atoms with Gasteiger partial charge in [0.15, 0.2) is 0 Å². The van der Waals surface area contributed by atoms with E-state index in [1.54, 1.807) is 12.1 Å². The molecular weight excluding hydrogens is 304 g/mol. The summed E-state index contributed by atoms with van der Waals surface area (Å²) in [6.45, 7) is 1.05. The van der Waals surface area contributed by atoms with Crippen molar-refractivity contribution in [3.05, 3.63) is 29.8 Å². The molecule has 1 aliphatic rings. The van der Waals surface area contributed by atoms with Crippen molar-refractivity contribution >= 4 is 15.9 Å². The number of hydrogen-bond acceptors (Lipinski definition) is 4. The smallest absolute Gasteiger partial charge is 0.251 e. The number of rotatable bonds is 5. The van der Waals surface area contributed by atoms with Crippen LogP contribution >= 0.6 is 0 Å². The van der Waals surface area contributed by atoms with Gasteiger partial charge in [0.05, 0.1) is 11.5 Å². The molecule has 1 saturated heterocycles. The van der Waals surface area contributed by atoms with E-state index >= 15 is 0 Å². The Labute approximate surface area is 131 Å². The van der Waals surface area contributed by atoms with E-state index in [-0.39, 0.29) is 29.5 Å². The quantitative estimate of drug-likeness (QED) is 0.844. The molecule has 2 N–H and O–H groups in total. The van der Waals surface area contributed by atoms with E-state index in [2.05, 4.69) is 5.32 Å². The second-order valence-corrected chi connectivity index (χ2v) is 7.26. The summed E-state index contributed by atoms with van der Waals surface area (Å²) in [6.07, 6.45) is 3.84. The second-order valence-electron chi connectivity index (χ2n) is 5.33. The summed E-state index contributed by atoms with van der Waals surface area (Å²) in [5.41, 5.74) is 0.282. The molecule has 1 aliphatic heterocycles. The van der Waals surface area contributed by atoms with Gasteiger partial charge in [-0.3, -0.25) is 4.79 Å². The van der Waals surface area contributed by atoms with Crippen molar-refractivity contribution in [3.63, 3.8) is 0 Å². The summed E-state index contributed by atoms with van der Waals surface area (Å²) in [6, 6.07) is 6.04. The zero-order valence-corrected chi connectivity index (χ0v) is 13.3. The van der Waals surface area contributed by atoms with Crippen LogP contribution in [0.5, 0.6) is 0 Å². The van der Waals surface area contributed by atoms with Gasteiger partial charge in [-0.25, -0.2) is 8.42 Å². The molecule has 0 saturated carbocycles. The van der Waals surface area contributed by atoms with Crippen LogP contribution in [0, 0.1) is 0 Å². The van der Waals surface area contributed by atoms with Crippen LogP contribution in [-0.4, -0.2) is 50.0 Å². The molecule has 6 nitrogen and oxygen atoms in total. The number of carbonyl (C=O) groups excluding carboxylic acids is 1. The minimum absolute atomic E-state index is 0.141. The average Bonchev–Trinajstić information content (AvgIpc) is 2.82. The summed E-state index contributed by atoms with van der Waals surface area (Å²) < 4.78 is 26.9. The van der Waals surface area contributed by atoms with Crippen LogP contribution in [0.4, 0.5) is 0 Å². The lowest BCUT2D eigenvalue weighted by molar-refractivity contribution is 0.0944. The second kappa shape index (κ2) is 7.71. The Hall–Kier alpha value is -1.44. The molecule has 1 aromatic carbocycles. The zero-order chi connectivity index (χ0) is 16.0. The molecule has 0 bridgehead atoms. The monoisotopic (exact) mass is 326 g/mol. The third-order valence-corrected chi connectivity index (χ3v) is 5.59. The van der Waals surface area contributed by atoms with Gasteiger partial charge in [-0.1, -0.05) is 18.9 Å². The molecule has 0 spiro atoms. The standard InChI is InChI=1S/C15H22N2O4S/c18-11-8-16-15(19)13-6-5-7-14(12-13)22(20,21)17-9-3-1-2-4-10-17/h5-7,12,18H,1-4,8-11H2,(H,16,19). The Kier molecular flexibility index (Phi) is 5.93. The maximum absolute atomic E-state index is 12.7. The average molecular weight is 326 g/mol. The molecule has 22 heavy (non-hydrogen) atoms. The fourth-order valence-electron chi connectivity index (χ4n) is 2.50. The van der Waals surface area contributed by atoms with Gasteiger partial charge in [-0.2, -0.15) is 4.31 Å². The minimum Gasteiger partial charge on any atom is -0.395 e. The van der Waals surface area contributed by atoms with Crippen LogP contribution in [-0.2, 0) is 10.0 Å². The number of nitrogens with one attached hydrogen (secondary N) is 1. The lowest BCUT2D eigenvalue weighted by Gasteiger charge is -2.20. The molecule has 2 rings (SSSR count). The molecule has 1 fully saturated rings. The Balaban J connectivity index is 2.21. The lowest BCUT2D eigenvalue weighted by Crippen LogP contribution is -2.32. The topological polar surface area (TPSA) is 86.7 Å². The summed E-state index contributed by atoms with van der Waals surface area (Å²) in [5, 5.41) is 11.2. The molecule has 1 aromatic rings. The summed E-state index contributed by atoms with van der Waals surface area (Å²) in [7, 11) is -3.56. The third kappa shape index (κ3) is 4.06. The number of nitrogens with zero attached hydrogens (tertiary/aromatic N) is 1. The zero-order valence-electron chi connectivity index (χ0n) is 12.5. The van der Waals surface area contributed by atoms with Crippen molar-refractivity contribution in [2.24, 2.45) is 0 Å². The van der Waals surface area contributed by atoms with E-state index in [1.165, 1.54) is 16.4 Å². The Morgan fingerprint density at radius 1 is 1.18 bits per heavy atom. The van der Waals surface area contributed by atoms with E-state index in [9.17, 15) is 13.2 Å². The van der Waals surface area contributed by atoms with E-state index in [4.69, 9.17) is 5.11 Å². The molecule has 122 valence electrons. The first kappa shape index (κ1) is 16.9. The predicted molar refractivity (Wildman–Crippen MR) is 83.1 cm³/mol. The van der Waals surface area contributed by atoms with E-state index in [1.807, 2.05) is 0 Å². The summed E-state index contributed by atoms with van der Waals surface area (Å²) in [5.74, 6) is -0.387. The maximum Gasteiger partial charge on any atom is 0.251 e. The number of sulfonamides is 1. The molecule has 0 aromatic heterocycles. The fraction of sp³-hybridized carbons (Fsp3) is 0.533. The first-order valence-electron chi connectivity index (χ1n) is 7.55. The Morgan fingerprint density at radius 2 is 1.86 bits per heavy atom. The third-order valence-electron chi connectivity index (χ3n) is 3.70. The molecule has 1 heterocycles. The number of aliphatic hydroxyl groups is 1. The molecule has 0 atom stereocenters. The summed E-state index contributed by atoms with van der Waals surface area (Å²) in [4.78, 5) is 12.0. The Morgan fingerprint density at radius 3 is 2.50 bits per heavy atom. The van der Waals surface area contributed by atoms with Crippen LogP contribution in [0.25, 0.3) is 0 Å². The number of aliphatic hydroxyl groups excluding tert-OH is 1. The van der Waals surface area contributed by atoms with Crippen molar-refractivity contribution in [1.82, 2.24) is 9.62 Å². The van der Waals surface area contributed by atoms with Gasteiger partial charge in [0.1, 0.15) is 0 Å². The van der Waals surface area contributed by atoms with E-state index in [0.717, 1.165) is 25.7 Å². The van der Waals surface area contributed by atoms with Crippen LogP contribution in [0.2, 0.25) is 0 Å². The molecule has 7 heteroatoms. The summed E-state index contributed by atoms with van der Waals surface area (Å²) >= 11 is 0. The molecule has 1 amide bonds. The number of amides is 1. The van der Waals surface area contributed by atoms with Crippen LogP contribution in [0.3, 0.4) is 0 Å². The van der Waals surface area contributed by atoms with Crippen molar-refractivity contribution in [1.29, 1.82) is 0 Å². The highest BCUT2D eigenvalue weighted by Gasteiger charge is 2.25. The Bertz CT molecular complexity index is 608. The number of carbonyl (C=O) groups is 1. The van der Waals surface area contributed by atoms with Crippen LogP contribution in [0.15, 0.2) is 29.2 Å².